The monoisotopic (exact) mass is 403 g/mol. The van der Waals surface area contributed by atoms with E-state index in [0.29, 0.717) is 0 Å². The van der Waals surface area contributed by atoms with Gasteiger partial charge in [0.2, 0.25) is 0 Å². The van der Waals surface area contributed by atoms with Crippen LogP contribution in [-0.2, 0) is 10.3 Å². The Morgan fingerprint density at radius 3 is 2.31 bits per heavy atom. The summed E-state index contributed by atoms with van der Waals surface area (Å²) in [7, 11) is 1.70. The summed E-state index contributed by atoms with van der Waals surface area (Å²) in [5.74, 6) is 0.876. The molecule has 0 bridgehead atoms. The molecule has 2 aliphatic heterocycles. The topological polar surface area (TPSA) is 21.7 Å². The molecular formula is C25H25NO2S. The molecule has 148 valence electrons. The fraction of sp³-hybridized carbons (Fsp3) is 0.280. The van der Waals surface area contributed by atoms with E-state index in [1.807, 2.05) is 24.1 Å². The summed E-state index contributed by atoms with van der Waals surface area (Å²) in [6.45, 7) is 2.03. The van der Waals surface area contributed by atoms with E-state index >= 15 is 0 Å². The molecule has 29 heavy (non-hydrogen) atoms. The van der Waals surface area contributed by atoms with Crippen LogP contribution in [0.4, 0.5) is 0 Å². The summed E-state index contributed by atoms with van der Waals surface area (Å²) in [5.41, 5.74) is 3.68. The van der Waals surface area contributed by atoms with Gasteiger partial charge in [0.1, 0.15) is 11.9 Å². The van der Waals surface area contributed by atoms with Crippen molar-refractivity contribution in [2.75, 3.05) is 20.2 Å². The number of hydrogen-bond acceptors (Lipinski definition) is 4. The average Bonchev–Trinajstić information content (AvgIpc) is 3.11. The van der Waals surface area contributed by atoms with E-state index in [-0.39, 0.29) is 11.7 Å². The van der Waals surface area contributed by atoms with Crippen molar-refractivity contribution >= 4 is 11.9 Å². The third-order valence-electron chi connectivity index (χ3n) is 6.00. The minimum atomic E-state index is -0.186. The summed E-state index contributed by atoms with van der Waals surface area (Å²) in [4.78, 5) is 1.30. The lowest BCUT2D eigenvalue weighted by molar-refractivity contribution is -0.0876. The van der Waals surface area contributed by atoms with Crippen LogP contribution in [0, 0.1) is 0 Å². The normalized spacial score (nSPS) is 20.5. The lowest BCUT2D eigenvalue weighted by Crippen LogP contribution is -2.39. The molecule has 0 N–H and O–H groups in total. The second kappa shape index (κ2) is 7.86. The predicted octanol–water partition coefficient (Wildman–Crippen LogP) is 5.81. The van der Waals surface area contributed by atoms with Gasteiger partial charge in [0.15, 0.2) is 0 Å². The van der Waals surface area contributed by atoms with Gasteiger partial charge in [0.25, 0.3) is 0 Å². The van der Waals surface area contributed by atoms with Crippen molar-refractivity contribution in [1.29, 1.82) is 0 Å². The van der Waals surface area contributed by atoms with Crippen LogP contribution in [0.2, 0.25) is 0 Å². The zero-order chi connectivity index (χ0) is 19.7. The first-order valence-electron chi connectivity index (χ1n) is 10.2. The maximum absolute atomic E-state index is 6.84. The van der Waals surface area contributed by atoms with Crippen LogP contribution in [0.3, 0.4) is 0 Å². The summed E-state index contributed by atoms with van der Waals surface area (Å²) in [5, 5.41) is 0. The minimum Gasteiger partial charge on any atom is -0.497 e. The maximum atomic E-state index is 6.84. The number of methoxy groups -OCH3 is 1. The molecule has 1 saturated heterocycles. The highest BCUT2D eigenvalue weighted by atomic mass is 32.2. The van der Waals surface area contributed by atoms with Crippen LogP contribution >= 0.6 is 11.9 Å². The first-order valence-corrected chi connectivity index (χ1v) is 10.9. The standard InChI is InChI=1S/C25H25NO2S/c1-27-20-13-11-19(12-14-20)24-22-9-5-6-10-23(22)25(28-24)15-17-26(18-16-25)29-21-7-3-2-4-8-21/h2-14,24H,15-18H2,1H3. The van der Waals surface area contributed by atoms with E-state index in [1.165, 1.54) is 21.6 Å². The zero-order valence-corrected chi connectivity index (χ0v) is 17.4. The van der Waals surface area contributed by atoms with Crippen LogP contribution in [0.15, 0.2) is 83.8 Å². The van der Waals surface area contributed by atoms with E-state index in [0.717, 1.165) is 31.7 Å². The summed E-state index contributed by atoms with van der Waals surface area (Å²) in [6.07, 6.45) is 2.01. The number of rotatable bonds is 4. The Balaban J connectivity index is 1.37. The minimum absolute atomic E-state index is 0.00886. The van der Waals surface area contributed by atoms with E-state index in [4.69, 9.17) is 9.47 Å². The highest BCUT2D eigenvalue weighted by Crippen LogP contribution is 2.52. The summed E-state index contributed by atoms with van der Waals surface area (Å²) in [6, 6.07) is 27.7. The molecule has 2 heterocycles. The fourth-order valence-corrected chi connectivity index (χ4v) is 5.42. The lowest BCUT2D eigenvalue weighted by Gasteiger charge is -2.39. The molecule has 0 saturated carbocycles. The van der Waals surface area contributed by atoms with E-state index in [1.54, 1.807) is 7.11 Å². The third-order valence-corrected chi connectivity index (χ3v) is 7.11. The molecular weight excluding hydrogens is 378 g/mol. The van der Waals surface area contributed by atoms with Crippen molar-refractivity contribution in [3.63, 3.8) is 0 Å². The molecule has 0 aliphatic carbocycles. The second-order valence-corrected chi connectivity index (χ2v) is 8.86. The molecule has 0 aromatic heterocycles. The highest BCUT2D eigenvalue weighted by molar-refractivity contribution is 7.97. The van der Waals surface area contributed by atoms with Crippen molar-refractivity contribution in [3.05, 3.63) is 95.6 Å². The van der Waals surface area contributed by atoms with Crippen LogP contribution in [0.5, 0.6) is 5.75 Å². The van der Waals surface area contributed by atoms with Gasteiger partial charge in [0, 0.05) is 18.0 Å². The second-order valence-electron chi connectivity index (χ2n) is 7.69. The van der Waals surface area contributed by atoms with Crippen LogP contribution in [0.1, 0.15) is 35.6 Å². The van der Waals surface area contributed by atoms with Crippen molar-refractivity contribution in [1.82, 2.24) is 4.31 Å². The molecule has 3 aromatic carbocycles. The Morgan fingerprint density at radius 2 is 1.59 bits per heavy atom. The van der Waals surface area contributed by atoms with Crippen molar-refractivity contribution in [2.24, 2.45) is 0 Å². The SMILES string of the molecule is COc1ccc(C2OC3(CCN(Sc4ccccc4)CC3)c3ccccc32)cc1. The third kappa shape index (κ3) is 3.57. The Labute approximate surface area is 176 Å². The van der Waals surface area contributed by atoms with Crippen LogP contribution < -0.4 is 4.74 Å². The average molecular weight is 404 g/mol. The highest BCUT2D eigenvalue weighted by Gasteiger charge is 2.47. The van der Waals surface area contributed by atoms with Crippen molar-refractivity contribution in [3.8, 4) is 5.75 Å². The van der Waals surface area contributed by atoms with Crippen LogP contribution in [-0.4, -0.2) is 24.5 Å². The number of nitrogens with zero attached hydrogens (tertiary/aromatic N) is 1. The molecule has 1 fully saturated rings. The molecule has 3 aromatic rings. The summed E-state index contributed by atoms with van der Waals surface area (Å²) < 4.78 is 14.6. The Morgan fingerprint density at radius 1 is 0.897 bits per heavy atom. The smallest absolute Gasteiger partial charge is 0.118 e. The van der Waals surface area contributed by atoms with Gasteiger partial charge in [-0.3, -0.25) is 0 Å². The molecule has 1 atom stereocenters. The van der Waals surface area contributed by atoms with E-state index in [9.17, 15) is 0 Å². The number of fused-ring (bicyclic) bond motifs is 2. The molecule has 1 spiro atoms. The van der Waals surface area contributed by atoms with Gasteiger partial charge in [0.05, 0.1) is 12.7 Å². The molecule has 3 nitrogen and oxygen atoms in total. The van der Waals surface area contributed by atoms with Gasteiger partial charge in [-0.1, -0.05) is 54.6 Å². The largest absolute Gasteiger partial charge is 0.497 e. The first-order chi connectivity index (χ1) is 14.3. The zero-order valence-electron chi connectivity index (χ0n) is 16.6. The number of benzene rings is 3. The Kier molecular flexibility index (Phi) is 5.08. The van der Waals surface area contributed by atoms with Crippen molar-refractivity contribution in [2.45, 2.75) is 29.4 Å². The molecule has 4 heteroatoms. The fourth-order valence-electron chi connectivity index (χ4n) is 4.48. The molecule has 1 unspecified atom stereocenters. The number of ether oxygens (including phenoxy) is 2. The first kappa shape index (κ1) is 18.7. The Bertz CT molecular complexity index is 966. The van der Waals surface area contributed by atoms with Gasteiger partial charge >= 0.3 is 0 Å². The molecule has 0 radical (unpaired) electrons. The maximum Gasteiger partial charge on any atom is 0.118 e. The summed E-state index contributed by atoms with van der Waals surface area (Å²) >= 11 is 1.85. The number of piperidine rings is 1. The van der Waals surface area contributed by atoms with E-state index in [2.05, 4.69) is 71.0 Å². The van der Waals surface area contributed by atoms with Crippen molar-refractivity contribution < 1.29 is 9.47 Å². The lowest BCUT2D eigenvalue weighted by atomic mass is 9.84. The molecule has 2 aliphatic rings. The predicted molar refractivity (Wildman–Crippen MR) is 117 cm³/mol. The Hall–Kier alpha value is -2.27. The number of hydrogen-bond donors (Lipinski definition) is 0. The van der Waals surface area contributed by atoms with Gasteiger partial charge in [-0.2, -0.15) is 0 Å². The quantitative estimate of drug-likeness (QED) is 0.512. The van der Waals surface area contributed by atoms with Gasteiger partial charge in [-0.25, -0.2) is 4.31 Å². The van der Waals surface area contributed by atoms with E-state index < -0.39 is 0 Å². The van der Waals surface area contributed by atoms with Gasteiger partial charge in [-0.05, 0) is 65.7 Å². The van der Waals surface area contributed by atoms with Gasteiger partial charge < -0.3 is 9.47 Å². The molecule has 5 rings (SSSR count). The van der Waals surface area contributed by atoms with Crippen LogP contribution in [0.25, 0.3) is 0 Å². The molecule has 0 amide bonds. The van der Waals surface area contributed by atoms with Gasteiger partial charge in [-0.15, -0.1) is 0 Å².